The van der Waals surface area contributed by atoms with Crippen LogP contribution in [-0.2, 0) is 27.8 Å². The number of methoxy groups -OCH3 is 1. The summed E-state index contributed by atoms with van der Waals surface area (Å²) in [7, 11) is -1.78. The lowest BCUT2D eigenvalue weighted by molar-refractivity contribution is 0.0730. The number of nitrogens with zero attached hydrogens (tertiary/aromatic N) is 3. The highest BCUT2D eigenvalue weighted by Crippen LogP contribution is 2.20. The molecule has 0 bridgehead atoms. The van der Waals surface area contributed by atoms with Gasteiger partial charge < -0.3 is 9.47 Å². The van der Waals surface area contributed by atoms with E-state index in [0.717, 1.165) is 57.0 Å². The first-order chi connectivity index (χ1) is 15.5. The first kappa shape index (κ1) is 23.2. The van der Waals surface area contributed by atoms with Crippen LogP contribution in [0.4, 0.5) is 0 Å². The van der Waals surface area contributed by atoms with Gasteiger partial charge in [-0.1, -0.05) is 24.3 Å². The molecule has 2 aromatic carbocycles. The maximum absolute atomic E-state index is 13.0. The number of sulfonamides is 1. The molecule has 2 aromatic rings. The quantitative estimate of drug-likeness (QED) is 0.634. The van der Waals surface area contributed by atoms with Crippen LogP contribution in [0.5, 0.6) is 5.75 Å². The lowest BCUT2D eigenvalue weighted by Gasteiger charge is -2.26. The SMILES string of the molecule is COc1ccc(CN2CCCN(Cc3cccc(S(=O)(=O)N4CCOCC4)c3)CC2)cc1. The second-order valence-corrected chi connectivity index (χ2v) is 10.4. The fourth-order valence-corrected chi connectivity index (χ4v) is 5.81. The van der Waals surface area contributed by atoms with Crippen LogP contribution in [0.25, 0.3) is 0 Å². The van der Waals surface area contributed by atoms with Crippen LogP contribution in [0, 0.1) is 0 Å². The number of hydrogen-bond donors (Lipinski definition) is 0. The third kappa shape index (κ3) is 5.88. The van der Waals surface area contributed by atoms with Gasteiger partial charge in [0.2, 0.25) is 10.0 Å². The molecule has 174 valence electrons. The van der Waals surface area contributed by atoms with Crippen LogP contribution in [0.3, 0.4) is 0 Å². The predicted octanol–water partition coefficient (Wildman–Crippen LogP) is 2.42. The molecule has 0 atom stereocenters. The molecule has 0 amide bonds. The Morgan fingerprint density at radius 2 is 1.50 bits per heavy atom. The second-order valence-electron chi connectivity index (χ2n) is 8.42. The van der Waals surface area contributed by atoms with Gasteiger partial charge in [0.15, 0.2) is 0 Å². The Kier molecular flexibility index (Phi) is 7.80. The Morgan fingerprint density at radius 1 is 0.844 bits per heavy atom. The summed E-state index contributed by atoms with van der Waals surface area (Å²) in [4.78, 5) is 5.29. The molecule has 0 N–H and O–H groups in total. The van der Waals surface area contributed by atoms with Gasteiger partial charge in [0.1, 0.15) is 5.75 Å². The highest BCUT2D eigenvalue weighted by molar-refractivity contribution is 7.89. The smallest absolute Gasteiger partial charge is 0.243 e. The molecule has 0 saturated carbocycles. The Bertz CT molecular complexity index is 975. The first-order valence-corrected chi connectivity index (χ1v) is 12.7. The number of morpholine rings is 1. The average Bonchev–Trinajstić information content (AvgIpc) is 3.05. The summed E-state index contributed by atoms with van der Waals surface area (Å²) in [6.45, 7) is 7.50. The molecule has 2 aliphatic heterocycles. The van der Waals surface area contributed by atoms with Crippen molar-refractivity contribution in [2.45, 2.75) is 24.4 Å². The van der Waals surface area contributed by atoms with E-state index >= 15 is 0 Å². The van der Waals surface area contributed by atoms with Crippen LogP contribution >= 0.6 is 0 Å². The third-order valence-electron chi connectivity index (χ3n) is 6.16. The van der Waals surface area contributed by atoms with Crippen LogP contribution in [-0.4, -0.2) is 82.1 Å². The molecule has 2 heterocycles. The van der Waals surface area contributed by atoms with E-state index in [1.54, 1.807) is 13.2 Å². The third-order valence-corrected chi connectivity index (χ3v) is 8.05. The number of rotatable bonds is 7. The minimum atomic E-state index is -3.46. The van der Waals surface area contributed by atoms with Crippen molar-refractivity contribution in [3.05, 3.63) is 59.7 Å². The molecule has 0 spiro atoms. The fraction of sp³-hybridized carbons (Fsp3) is 0.500. The molecule has 8 heteroatoms. The lowest BCUT2D eigenvalue weighted by atomic mass is 10.2. The van der Waals surface area contributed by atoms with Crippen molar-refractivity contribution in [2.75, 3.05) is 59.6 Å². The van der Waals surface area contributed by atoms with E-state index < -0.39 is 10.0 Å². The summed E-state index contributed by atoms with van der Waals surface area (Å²) in [5.74, 6) is 0.883. The highest BCUT2D eigenvalue weighted by atomic mass is 32.2. The number of benzene rings is 2. The summed E-state index contributed by atoms with van der Waals surface area (Å²) < 4.78 is 38.0. The number of hydrogen-bond acceptors (Lipinski definition) is 6. The standard InChI is InChI=1S/C24H33N3O4S/c1-30-23-8-6-21(7-9-23)19-25-10-3-11-26(13-12-25)20-22-4-2-5-24(18-22)32(28,29)27-14-16-31-17-15-27/h2,4-9,18H,3,10-17,19-20H2,1H3. The van der Waals surface area contributed by atoms with Gasteiger partial charge in [-0.05, 0) is 54.9 Å². The van der Waals surface area contributed by atoms with Gasteiger partial charge in [-0.15, -0.1) is 0 Å². The maximum Gasteiger partial charge on any atom is 0.243 e. The maximum atomic E-state index is 13.0. The van der Waals surface area contributed by atoms with Crippen molar-refractivity contribution < 1.29 is 17.9 Å². The molecule has 32 heavy (non-hydrogen) atoms. The summed E-state index contributed by atoms with van der Waals surface area (Å²) in [5, 5.41) is 0. The molecule has 2 fully saturated rings. The van der Waals surface area contributed by atoms with E-state index in [2.05, 4.69) is 21.9 Å². The van der Waals surface area contributed by atoms with Crippen LogP contribution in [0.1, 0.15) is 17.5 Å². The molecule has 4 rings (SSSR count). The molecule has 2 aliphatic rings. The number of ether oxygens (including phenoxy) is 2. The summed E-state index contributed by atoms with van der Waals surface area (Å²) in [6, 6.07) is 15.7. The van der Waals surface area contributed by atoms with Gasteiger partial charge in [0.25, 0.3) is 0 Å². The minimum Gasteiger partial charge on any atom is -0.497 e. The lowest BCUT2D eigenvalue weighted by Crippen LogP contribution is -2.40. The monoisotopic (exact) mass is 459 g/mol. The van der Waals surface area contributed by atoms with E-state index in [0.29, 0.717) is 31.2 Å². The van der Waals surface area contributed by atoms with Gasteiger partial charge in [0.05, 0.1) is 25.2 Å². The topological polar surface area (TPSA) is 62.3 Å². The normalized spacial score (nSPS) is 19.5. The fourth-order valence-electron chi connectivity index (χ4n) is 4.33. The van der Waals surface area contributed by atoms with E-state index in [9.17, 15) is 8.42 Å². The predicted molar refractivity (Wildman–Crippen MR) is 124 cm³/mol. The molecule has 2 saturated heterocycles. The molecule has 0 radical (unpaired) electrons. The molecular formula is C24H33N3O4S. The minimum absolute atomic E-state index is 0.382. The Labute approximate surface area is 191 Å². The second kappa shape index (κ2) is 10.8. The molecule has 7 nitrogen and oxygen atoms in total. The van der Waals surface area contributed by atoms with Crippen LogP contribution < -0.4 is 4.74 Å². The zero-order chi connectivity index (χ0) is 22.4. The first-order valence-electron chi connectivity index (χ1n) is 11.3. The van der Waals surface area contributed by atoms with Gasteiger partial charge in [0, 0.05) is 39.3 Å². The zero-order valence-electron chi connectivity index (χ0n) is 18.8. The largest absolute Gasteiger partial charge is 0.497 e. The van der Waals surface area contributed by atoms with Crippen molar-refractivity contribution >= 4 is 10.0 Å². The van der Waals surface area contributed by atoms with Gasteiger partial charge in [-0.3, -0.25) is 9.80 Å². The van der Waals surface area contributed by atoms with E-state index in [1.165, 1.54) is 9.87 Å². The zero-order valence-corrected chi connectivity index (χ0v) is 19.6. The summed E-state index contributed by atoms with van der Waals surface area (Å²) in [6.07, 6.45) is 1.10. The molecule has 0 unspecified atom stereocenters. The van der Waals surface area contributed by atoms with Gasteiger partial charge >= 0.3 is 0 Å². The van der Waals surface area contributed by atoms with E-state index in [-0.39, 0.29) is 0 Å². The van der Waals surface area contributed by atoms with Crippen molar-refractivity contribution in [2.24, 2.45) is 0 Å². The van der Waals surface area contributed by atoms with Crippen LogP contribution in [0.15, 0.2) is 53.4 Å². The van der Waals surface area contributed by atoms with Crippen molar-refractivity contribution in [3.63, 3.8) is 0 Å². The molecular weight excluding hydrogens is 426 g/mol. The van der Waals surface area contributed by atoms with Gasteiger partial charge in [-0.2, -0.15) is 4.31 Å². The molecule has 0 aliphatic carbocycles. The Balaban J connectivity index is 1.35. The summed E-state index contributed by atoms with van der Waals surface area (Å²) >= 11 is 0. The van der Waals surface area contributed by atoms with Gasteiger partial charge in [-0.25, -0.2) is 8.42 Å². The molecule has 0 aromatic heterocycles. The Morgan fingerprint density at radius 3 is 2.16 bits per heavy atom. The summed E-state index contributed by atoms with van der Waals surface area (Å²) in [5.41, 5.74) is 2.34. The van der Waals surface area contributed by atoms with Crippen molar-refractivity contribution in [1.29, 1.82) is 0 Å². The van der Waals surface area contributed by atoms with E-state index in [1.807, 2.05) is 30.3 Å². The highest BCUT2D eigenvalue weighted by Gasteiger charge is 2.26. The van der Waals surface area contributed by atoms with Crippen molar-refractivity contribution in [1.82, 2.24) is 14.1 Å². The van der Waals surface area contributed by atoms with Crippen LogP contribution in [0.2, 0.25) is 0 Å². The van der Waals surface area contributed by atoms with E-state index in [4.69, 9.17) is 9.47 Å². The average molecular weight is 460 g/mol. The van der Waals surface area contributed by atoms with Crippen molar-refractivity contribution in [3.8, 4) is 5.75 Å². The Hall–Kier alpha value is -1.97.